The lowest BCUT2D eigenvalue weighted by atomic mass is 10.1. The topological polar surface area (TPSA) is 34.1 Å². The fourth-order valence-electron chi connectivity index (χ4n) is 1.33. The normalized spacial score (nSPS) is 11.5. The van der Waals surface area contributed by atoms with Crippen molar-refractivity contribution in [2.24, 2.45) is 0 Å². The van der Waals surface area contributed by atoms with Gasteiger partial charge in [0.05, 0.1) is 6.61 Å². The third-order valence-corrected chi connectivity index (χ3v) is 2.37. The lowest BCUT2D eigenvalue weighted by Gasteiger charge is -2.20. The van der Waals surface area contributed by atoms with Gasteiger partial charge in [0.1, 0.15) is 0 Å². The van der Waals surface area contributed by atoms with Crippen molar-refractivity contribution < 1.29 is 4.74 Å². The number of rotatable bonds is 6. The molecule has 3 heteroatoms. The SMILES string of the molecule is CCCCOc1cc(CNC(C)(C)C)ccn1. The van der Waals surface area contributed by atoms with E-state index in [1.807, 2.05) is 12.1 Å². The van der Waals surface area contributed by atoms with E-state index >= 15 is 0 Å². The number of unbranched alkanes of at least 4 members (excludes halogenated alkanes) is 1. The van der Waals surface area contributed by atoms with Crippen LogP contribution in [0, 0.1) is 0 Å². The van der Waals surface area contributed by atoms with Crippen LogP contribution in [0.25, 0.3) is 0 Å². The number of hydrogen-bond donors (Lipinski definition) is 1. The molecule has 1 heterocycles. The van der Waals surface area contributed by atoms with Crippen molar-refractivity contribution in [1.82, 2.24) is 10.3 Å². The standard InChI is InChI=1S/C14H24N2O/c1-5-6-9-17-13-10-12(7-8-15-13)11-16-14(2,3)4/h7-8,10,16H,5-6,9,11H2,1-4H3. The highest BCUT2D eigenvalue weighted by atomic mass is 16.5. The summed E-state index contributed by atoms with van der Waals surface area (Å²) in [6.45, 7) is 10.2. The van der Waals surface area contributed by atoms with Gasteiger partial charge >= 0.3 is 0 Å². The van der Waals surface area contributed by atoms with Crippen molar-refractivity contribution in [1.29, 1.82) is 0 Å². The Balaban J connectivity index is 2.48. The van der Waals surface area contributed by atoms with Crippen molar-refractivity contribution in [2.75, 3.05) is 6.61 Å². The maximum atomic E-state index is 5.58. The molecule has 1 aromatic rings. The van der Waals surface area contributed by atoms with Gasteiger partial charge in [0.15, 0.2) is 0 Å². The predicted octanol–water partition coefficient (Wildman–Crippen LogP) is 3.15. The molecule has 1 rings (SSSR count). The maximum Gasteiger partial charge on any atom is 0.213 e. The Morgan fingerprint density at radius 3 is 2.76 bits per heavy atom. The molecule has 0 aliphatic heterocycles. The third kappa shape index (κ3) is 6.27. The summed E-state index contributed by atoms with van der Waals surface area (Å²) in [6.07, 6.45) is 4.03. The molecule has 3 nitrogen and oxygen atoms in total. The van der Waals surface area contributed by atoms with Gasteiger partial charge in [-0.15, -0.1) is 0 Å². The van der Waals surface area contributed by atoms with E-state index < -0.39 is 0 Å². The van der Waals surface area contributed by atoms with Gasteiger partial charge in [0.25, 0.3) is 0 Å². The van der Waals surface area contributed by atoms with Crippen molar-refractivity contribution in [2.45, 2.75) is 52.6 Å². The van der Waals surface area contributed by atoms with E-state index in [0.717, 1.165) is 31.9 Å². The minimum Gasteiger partial charge on any atom is -0.478 e. The quantitative estimate of drug-likeness (QED) is 0.770. The Kier molecular flexibility index (Phi) is 5.42. The molecular formula is C14H24N2O. The fraction of sp³-hybridized carbons (Fsp3) is 0.643. The zero-order valence-corrected chi connectivity index (χ0v) is 11.4. The van der Waals surface area contributed by atoms with E-state index in [2.05, 4.69) is 38.0 Å². The van der Waals surface area contributed by atoms with Crippen LogP contribution in [0.2, 0.25) is 0 Å². The van der Waals surface area contributed by atoms with Crippen LogP contribution in [0.4, 0.5) is 0 Å². The molecule has 0 aromatic carbocycles. The second-order valence-corrected chi connectivity index (χ2v) is 5.31. The smallest absolute Gasteiger partial charge is 0.213 e. The van der Waals surface area contributed by atoms with E-state index in [1.165, 1.54) is 5.56 Å². The number of aromatic nitrogens is 1. The predicted molar refractivity (Wildman–Crippen MR) is 71.2 cm³/mol. The van der Waals surface area contributed by atoms with Gasteiger partial charge in [0, 0.05) is 24.3 Å². The molecule has 0 fully saturated rings. The summed E-state index contributed by atoms with van der Waals surface area (Å²) in [7, 11) is 0. The summed E-state index contributed by atoms with van der Waals surface area (Å²) in [6, 6.07) is 4.03. The molecule has 0 aliphatic carbocycles. The first-order valence-electron chi connectivity index (χ1n) is 6.34. The van der Waals surface area contributed by atoms with Gasteiger partial charge in [0.2, 0.25) is 5.88 Å². The largest absolute Gasteiger partial charge is 0.478 e. The number of nitrogens with zero attached hydrogens (tertiary/aromatic N) is 1. The minimum absolute atomic E-state index is 0.131. The van der Waals surface area contributed by atoms with Crippen molar-refractivity contribution in [3.63, 3.8) is 0 Å². The zero-order chi connectivity index (χ0) is 12.7. The van der Waals surface area contributed by atoms with Crippen LogP contribution in [0.5, 0.6) is 5.88 Å². The number of nitrogens with one attached hydrogen (secondary N) is 1. The summed E-state index contributed by atoms with van der Waals surface area (Å²) in [5.74, 6) is 0.728. The Labute approximate surface area is 105 Å². The average Bonchev–Trinajstić information content (AvgIpc) is 2.27. The summed E-state index contributed by atoms with van der Waals surface area (Å²) in [4.78, 5) is 4.21. The van der Waals surface area contributed by atoms with Crippen molar-refractivity contribution in [3.05, 3.63) is 23.9 Å². The molecule has 1 aromatic heterocycles. The minimum atomic E-state index is 0.131. The summed E-state index contributed by atoms with van der Waals surface area (Å²) < 4.78 is 5.58. The summed E-state index contributed by atoms with van der Waals surface area (Å²) >= 11 is 0. The summed E-state index contributed by atoms with van der Waals surface area (Å²) in [5.41, 5.74) is 1.34. The Bertz CT molecular complexity index is 331. The van der Waals surface area contributed by atoms with Crippen molar-refractivity contribution in [3.8, 4) is 5.88 Å². The molecule has 0 amide bonds. The average molecular weight is 236 g/mol. The molecule has 96 valence electrons. The highest BCUT2D eigenvalue weighted by Crippen LogP contribution is 2.11. The lowest BCUT2D eigenvalue weighted by molar-refractivity contribution is 0.297. The second kappa shape index (κ2) is 6.60. The van der Waals surface area contributed by atoms with Crippen LogP contribution in [0.3, 0.4) is 0 Å². The first-order chi connectivity index (χ1) is 8.01. The first-order valence-corrected chi connectivity index (χ1v) is 6.34. The van der Waals surface area contributed by atoms with E-state index in [0.29, 0.717) is 0 Å². The highest BCUT2D eigenvalue weighted by molar-refractivity contribution is 5.20. The van der Waals surface area contributed by atoms with Crippen LogP contribution in [-0.4, -0.2) is 17.1 Å². The van der Waals surface area contributed by atoms with E-state index in [9.17, 15) is 0 Å². The lowest BCUT2D eigenvalue weighted by Crippen LogP contribution is -2.35. The van der Waals surface area contributed by atoms with E-state index in [4.69, 9.17) is 4.74 Å². The van der Waals surface area contributed by atoms with Gasteiger partial charge in [-0.25, -0.2) is 4.98 Å². The molecule has 0 unspecified atom stereocenters. The molecule has 0 saturated heterocycles. The highest BCUT2D eigenvalue weighted by Gasteiger charge is 2.08. The Morgan fingerprint density at radius 1 is 1.35 bits per heavy atom. The maximum absolute atomic E-state index is 5.58. The fourth-order valence-corrected chi connectivity index (χ4v) is 1.33. The number of ether oxygens (including phenoxy) is 1. The molecule has 17 heavy (non-hydrogen) atoms. The molecule has 0 atom stereocenters. The van der Waals surface area contributed by atoms with E-state index in [-0.39, 0.29) is 5.54 Å². The van der Waals surface area contributed by atoms with Gasteiger partial charge in [-0.05, 0) is 38.8 Å². The van der Waals surface area contributed by atoms with Crippen LogP contribution < -0.4 is 10.1 Å². The molecule has 0 aliphatic rings. The molecule has 0 saturated carbocycles. The molecule has 1 N–H and O–H groups in total. The number of hydrogen-bond acceptors (Lipinski definition) is 3. The second-order valence-electron chi connectivity index (χ2n) is 5.31. The van der Waals surface area contributed by atoms with Gasteiger partial charge in [-0.1, -0.05) is 13.3 Å². The molecule has 0 bridgehead atoms. The monoisotopic (exact) mass is 236 g/mol. The molecule has 0 radical (unpaired) electrons. The van der Waals surface area contributed by atoms with Crippen LogP contribution in [0.1, 0.15) is 46.1 Å². The van der Waals surface area contributed by atoms with Crippen LogP contribution in [0.15, 0.2) is 18.3 Å². The zero-order valence-electron chi connectivity index (χ0n) is 11.4. The first kappa shape index (κ1) is 14.0. The van der Waals surface area contributed by atoms with Gasteiger partial charge in [-0.3, -0.25) is 0 Å². The Hall–Kier alpha value is -1.09. The Morgan fingerprint density at radius 2 is 2.12 bits per heavy atom. The third-order valence-electron chi connectivity index (χ3n) is 2.37. The summed E-state index contributed by atoms with van der Waals surface area (Å²) in [5, 5.41) is 3.45. The molecule has 0 spiro atoms. The molecular weight excluding hydrogens is 212 g/mol. The van der Waals surface area contributed by atoms with Crippen LogP contribution in [-0.2, 0) is 6.54 Å². The number of pyridine rings is 1. The van der Waals surface area contributed by atoms with Gasteiger partial charge < -0.3 is 10.1 Å². The van der Waals surface area contributed by atoms with Crippen LogP contribution >= 0.6 is 0 Å². The van der Waals surface area contributed by atoms with Gasteiger partial charge in [-0.2, -0.15) is 0 Å². The van der Waals surface area contributed by atoms with E-state index in [1.54, 1.807) is 6.20 Å². The van der Waals surface area contributed by atoms with Crippen molar-refractivity contribution >= 4 is 0 Å².